The van der Waals surface area contributed by atoms with Crippen molar-refractivity contribution in [2.75, 3.05) is 6.54 Å². The van der Waals surface area contributed by atoms with Gasteiger partial charge in [-0.1, -0.05) is 46.3 Å². The molecule has 0 spiro atoms. The van der Waals surface area contributed by atoms with Crippen molar-refractivity contribution in [1.29, 1.82) is 0 Å². The molecule has 0 heterocycles. The molecule has 0 aliphatic rings. The Labute approximate surface area is 114 Å². The van der Waals surface area contributed by atoms with Crippen LogP contribution < -0.4 is 10.5 Å². The van der Waals surface area contributed by atoms with E-state index in [0.717, 1.165) is 10.0 Å². The Bertz CT molecular complexity index is 533. The molecule has 1 atom stereocenters. The van der Waals surface area contributed by atoms with Crippen molar-refractivity contribution in [3.63, 3.8) is 0 Å². The van der Waals surface area contributed by atoms with Gasteiger partial charge in [-0.25, -0.2) is 4.39 Å². The van der Waals surface area contributed by atoms with Crippen LogP contribution in [-0.4, -0.2) is 6.54 Å². The smallest absolute Gasteiger partial charge is 0.165 e. The van der Waals surface area contributed by atoms with Gasteiger partial charge in [-0.3, -0.25) is 0 Å². The summed E-state index contributed by atoms with van der Waals surface area (Å²) in [4.78, 5) is 0. The summed E-state index contributed by atoms with van der Waals surface area (Å²) in [7, 11) is 0. The summed E-state index contributed by atoms with van der Waals surface area (Å²) in [5.74, 6) is -0.174. The lowest BCUT2D eigenvalue weighted by atomic mass is 10.1. The van der Waals surface area contributed by atoms with Gasteiger partial charge in [0.25, 0.3) is 0 Å². The SMILES string of the molecule is NCC(Oc1ccccc1F)c1ccccc1Br. The number of para-hydroxylation sites is 1. The predicted molar refractivity (Wildman–Crippen MR) is 73.0 cm³/mol. The summed E-state index contributed by atoms with van der Waals surface area (Å²) in [6.07, 6.45) is -0.377. The van der Waals surface area contributed by atoms with Gasteiger partial charge in [0.1, 0.15) is 6.10 Å². The van der Waals surface area contributed by atoms with Crippen molar-refractivity contribution in [3.8, 4) is 5.75 Å². The van der Waals surface area contributed by atoms with Gasteiger partial charge in [0.15, 0.2) is 11.6 Å². The van der Waals surface area contributed by atoms with E-state index in [2.05, 4.69) is 15.9 Å². The van der Waals surface area contributed by atoms with Gasteiger partial charge >= 0.3 is 0 Å². The van der Waals surface area contributed by atoms with E-state index in [0.29, 0.717) is 0 Å². The molecule has 2 rings (SSSR count). The lowest BCUT2D eigenvalue weighted by Gasteiger charge is -2.19. The van der Waals surface area contributed by atoms with Crippen LogP contribution in [0.15, 0.2) is 53.0 Å². The molecule has 0 bridgehead atoms. The summed E-state index contributed by atoms with van der Waals surface area (Å²) >= 11 is 3.44. The lowest BCUT2D eigenvalue weighted by Crippen LogP contribution is -2.19. The minimum Gasteiger partial charge on any atom is -0.481 e. The maximum absolute atomic E-state index is 13.5. The Morgan fingerprint density at radius 3 is 2.44 bits per heavy atom. The summed E-state index contributed by atoms with van der Waals surface area (Å²) < 4.78 is 20.1. The normalized spacial score (nSPS) is 12.2. The third kappa shape index (κ3) is 2.89. The first kappa shape index (κ1) is 13.1. The Morgan fingerprint density at radius 1 is 1.11 bits per heavy atom. The highest BCUT2D eigenvalue weighted by molar-refractivity contribution is 9.10. The minimum atomic E-state index is -0.386. The third-order valence-electron chi connectivity index (χ3n) is 2.57. The van der Waals surface area contributed by atoms with E-state index in [1.165, 1.54) is 6.07 Å². The molecule has 0 saturated heterocycles. The van der Waals surface area contributed by atoms with Gasteiger partial charge in [0.05, 0.1) is 0 Å². The number of rotatable bonds is 4. The number of ether oxygens (including phenoxy) is 1. The molecule has 4 heteroatoms. The van der Waals surface area contributed by atoms with Crippen molar-refractivity contribution < 1.29 is 9.13 Å². The minimum absolute atomic E-state index is 0.212. The predicted octanol–water partition coefficient (Wildman–Crippen LogP) is 3.67. The first-order valence-corrected chi connectivity index (χ1v) is 6.37. The standard InChI is InChI=1S/C14H13BrFNO/c15-11-6-2-1-5-10(11)14(9-17)18-13-8-4-3-7-12(13)16/h1-8,14H,9,17H2. The molecular formula is C14H13BrFNO. The van der Waals surface area contributed by atoms with Gasteiger partial charge in [0.2, 0.25) is 0 Å². The number of hydrogen-bond acceptors (Lipinski definition) is 2. The first-order chi connectivity index (χ1) is 8.72. The number of halogens is 2. The quantitative estimate of drug-likeness (QED) is 0.935. The van der Waals surface area contributed by atoms with Crippen molar-refractivity contribution in [2.24, 2.45) is 5.73 Å². The van der Waals surface area contributed by atoms with Crippen molar-refractivity contribution in [2.45, 2.75) is 6.10 Å². The highest BCUT2D eigenvalue weighted by Gasteiger charge is 2.15. The highest BCUT2D eigenvalue weighted by Crippen LogP contribution is 2.28. The zero-order valence-corrected chi connectivity index (χ0v) is 11.2. The van der Waals surface area contributed by atoms with Crippen LogP contribution in [0.1, 0.15) is 11.7 Å². The van der Waals surface area contributed by atoms with E-state index < -0.39 is 0 Å². The molecule has 2 nitrogen and oxygen atoms in total. The molecular weight excluding hydrogens is 297 g/mol. The Hall–Kier alpha value is -1.39. The van der Waals surface area contributed by atoms with Gasteiger partial charge in [-0.05, 0) is 18.2 Å². The van der Waals surface area contributed by atoms with E-state index in [9.17, 15) is 4.39 Å². The average Bonchev–Trinajstić information content (AvgIpc) is 2.39. The van der Waals surface area contributed by atoms with Gasteiger partial charge < -0.3 is 10.5 Å². The van der Waals surface area contributed by atoms with Crippen LogP contribution in [0.25, 0.3) is 0 Å². The monoisotopic (exact) mass is 309 g/mol. The number of nitrogens with two attached hydrogens (primary N) is 1. The van der Waals surface area contributed by atoms with E-state index in [1.54, 1.807) is 18.2 Å². The zero-order chi connectivity index (χ0) is 13.0. The van der Waals surface area contributed by atoms with Crippen LogP contribution >= 0.6 is 15.9 Å². The fourth-order valence-electron chi connectivity index (χ4n) is 1.67. The van der Waals surface area contributed by atoms with E-state index >= 15 is 0 Å². The second kappa shape index (κ2) is 5.98. The Morgan fingerprint density at radius 2 is 1.78 bits per heavy atom. The van der Waals surface area contributed by atoms with Gasteiger partial charge in [0, 0.05) is 16.6 Å². The van der Waals surface area contributed by atoms with Crippen LogP contribution in [-0.2, 0) is 0 Å². The zero-order valence-electron chi connectivity index (χ0n) is 9.64. The molecule has 1 unspecified atom stereocenters. The fourth-order valence-corrected chi connectivity index (χ4v) is 2.21. The van der Waals surface area contributed by atoms with Crippen LogP contribution in [0, 0.1) is 5.82 Å². The van der Waals surface area contributed by atoms with Crippen LogP contribution in [0.2, 0.25) is 0 Å². The highest BCUT2D eigenvalue weighted by atomic mass is 79.9. The molecule has 18 heavy (non-hydrogen) atoms. The topological polar surface area (TPSA) is 35.2 Å². The fraction of sp³-hybridized carbons (Fsp3) is 0.143. The molecule has 94 valence electrons. The molecule has 0 fully saturated rings. The molecule has 0 aliphatic carbocycles. The first-order valence-electron chi connectivity index (χ1n) is 5.58. The van der Waals surface area contributed by atoms with Crippen molar-refractivity contribution in [3.05, 3.63) is 64.4 Å². The summed E-state index contributed by atoms with van der Waals surface area (Å²) in [6.45, 7) is 0.275. The summed E-state index contributed by atoms with van der Waals surface area (Å²) in [5, 5.41) is 0. The third-order valence-corrected chi connectivity index (χ3v) is 3.29. The molecule has 2 aromatic rings. The largest absolute Gasteiger partial charge is 0.481 e. The number of hydrogen-bond donors (Lipinski definition) is 1. The second-order valence-corrected chi connectivity index (χ2v) is 4.65. The summed E-state index contributed by atoms with van der Waals surface area (Å²) in [5.41, 5.74) is 6.61. The van der Waals surface area contributed by atoms with Crippen molar-refractivity contribution in [1.82, 2.24) is 0 Å². The molecule has 0 amide bonds. The average molecular weight is 310 g/mol. The van der Waals surface area contributed by atoms with Crippen LogP contribution in [0.4, 0.5) is 4.39 Å². The Kier molecular flexibility index (Phi) is 4.33. The van der Waals surface area contributed by atoms with Crippen molar-refractivity contribution >= 4 is 15.9 Å². The maximum atomic E-state index is 13.5. The molecule has 0 aromatic heterocycles. The van der Waals surface area contributed by atoms with Crippen LogP contribution in [0.5, 0.6) is 5.75 Å². The second-order valence-electron chi connectivity index (χ2n) is 3.79. The summed E-state index contributed by atoms with van der Waals surface area (Å²) in [6, 6.07) is 13.9. The molecule has 2 aromatic carbocycles. The lowest BCUT2D eigenvalue weighted by molar-refractivity contribution is 0.204. The number of benzene rings is 2. The van der Waals surface area contributed by atoms with Gasteiger partial charge in [-0.15, -0.1) is 0 Å². The van der Waals surface area contributed by atoms with Crippen LogP contribution in [0.3, 0.4) is 0 Å². The van der Waals surface area contributed by atoms with Gasteiger partial charge in [-0.2, -0.15) is 0 Å². The molecule has 0 aliphatic heterocycles. The van der Waals surface area contributed by atoms with E-state index in [4.69, 9.17) is 10.5 Å². The molecule has 2 N–H and O–H groups in total. The Balaban J connectivity index is 2.26. The molecule has 0 radical (unpaired) electrons. The van der Waals surface area contributed by atoms with E-state index in [-0.39, 0.29) is 24.2 Å². The van der Waals surface area contributed by atoms with E-state index in [1.807, 2.05) is 24.3 Å². The maximum Gasteiger partial charge on any atom is 0.165 e. The molecule has 0 saturated carbocycles.